The summed E-state index contributed by atoms with van der Waals surface area (Å²) in [4.78, 5) is 26.0. The van der Waals surface area contributed by atoms with Gasteiger partial charge < -0.3 is 11.1 Å². The second-order valence-electron chi connectivity index (χ2n) is 12.4. The lowest BCUT2D eigenvalue weighted by Crippen LogP contribution is -2.64. The molecule has 4 bridgehead atoms. The fourth-order valence-electron chi connectivity index (χ4n) is 7.17. The van der Waals surface area contributed by atoms with E-state index in [1.54, 1.807) is 12.1 Å². The lowest BCUT2D eigenvalue weighted by atomic mass is 9.47. The molecule has 186 valence electrons. The Hall–Kier alpha value is -1.93. The lowest BCUT2D eigenvalue weighted by molar-refractivity contribution is -0.148. The molecule has 7 nitrogen and oxygen atoms in total. The van der Waals surface area contributed by atoms with Gasteiger partial charge in [-0.1, -0.05) is 32.9 Å². The van der Waals surface area contributed by atoms with E-state index in [-0.39, 0.29) is 40.0 Å². The summed E-state index contributed by atoms with van der Waals surface area (Å²) in [6.45, 7) is 6.25. The van der Waals surface area contributed by atoms with Gasteiger partial charge in [-0.25, -0.2) is 8.42 Å². The number of hydrogen-bond donors (Lipinski definition) is 2. The zero-order valence-electron chi connectivity index (χ0n) is 20.6. The zero-order chi connectivity index (χ0) is 24.7. The van der Waals surface area contributed by atoms with Crippen molar-refractivity contribution in [2.24, 2.45) is 28.9 Å². The van der Waals surface area contributed by atoms with E-state index in [2.05, 4.69) is 26.1 Å². The maximum Gasteiger partial charge on any atom is 0.243 e. The summed E-state index contributed by atoms with van der Waals surface area (Å²) < 4.78 is 28.1. The highest BCUT2D eigenvalue weighted by molar-refractivity contribution is 7.89. The highest BCUT2D eigenvalue weighted by Gasteiger charge is 2.61. The highest BCUT2D eigenvalue weighted by atomic mass is 32.2. The number of primary amides is 1. The van der Waals surface area contributed by atoms with Crippen molar-refractivity contribution in [3.8, 4) is 0 Å². The van der Waals surface area contributed by atoms with Crippen LogP contribution in [0.5, 0.6) is 0 Å². The average molecular weight is 488 g/mol. The maximum absolute atomic E-state index is 13.5. The Morgan fingerprint density at radius 2 is 1.59 bits per heavy atom. The molecule has 5 saturated carbocycles. The fourth-order valence-corrected chi connectivity index (χ4v) is 8.69. The van der Waals surface area contributed by atoms with Crippen molar-refractivity contribution in [3.05, 3.63) is 29.8 Å². The molecule has 5 fully saturated rings. The van der Waals surface area contributed by atoms with Gasteiger partial charge in [0.05, 0.1) is 4.90 Å². The van der Waals surface area contributed by atoms with Gasteiger partial charge in [0, 0.05) is 18.5 Å². The Labute approximate surface area is 202 Å². The number of amides is 2. The van der Waals surface area contributed by atoms with Crippen LogP contribution in [0.2, 0.25) is 0 Å². The number of likely N-dealkylation sites (N-methyl/N-ethyl adjacent to an activating group) is 1. The van der Waals surface area contributed by atoms with E-state index in [0.717, 1.165) is 37.7 Å². The van der Waals surface area contributed by atoms with Crippen molar-refractivity contribution in [3.63, 3.8) is 0 Å². The molecule has 2 atom stereocenters. The van der Waals surface area contributed by atoms with Gasteiger partial charge in [-0.15, -0.1) is 0 Å². The van der Waals surface area contributed by atoms with Crippen LogP contribution in [0.4, 0.5) is 0 Å². The van der Waals surface area contributed by atoms with Gasteiger partial charge in [0.25, 0.3) is 0 Å². The van der Waals surface area contributed by atoms with Crippen LogP contribution < -0.4 is 11.1 Å². The summed E-state index contributed by atoms with van der Waals surface area (Å²) in [7, 11) is -2.29. The van der Waals surface area contributed by atoms with Crippen LogP contribution in [0, 0.1) is 23.2 Å². The Kier molecular flexibility index (Phi) is 5.27. The third-order valence-corrected chi connectivity index (χ3v) is 11.2. The largest absolute Gasteiger partial charge is 0.369 e. The first kappa shape index (κ1) is 23.8. The van der Waals surface area contributed by atoms with Crippen molar-refractivity contribution in [2.75, 3.05) is 7.05 Å². The van der Waals surface area contributed by atoms with Crippen LogP contribution in [0.1, 0.15) is 71.3 Å². The van der Waals surface area contributed by atoms with E-state index in [0.29, 0.717) is 18.8 Å². The van der Waals surface area contributed by atoms with Crippen LogP contribution >= 0.6 is 0 Å². The molecule has 8 heteroatoms. The molecule has 1 aromatic carbocycles. The Morgan fingerprint density at radius 3 is 2.06 bits per heavy atom. The van der Waals surface area contributed by atoms with Crippen LogP contribution in [0.3, 0.4) is 0 Å². The summed E-state index contributed by atoms with van der Waals surface area (Å²) >= 11 is 0. The first-order valence-corrected chi connectivity index (χ1v) is 13.9. The minimum Gasteiger partial charge on any atom is -0.369 e. The van der Waals surface area contributed by atoms with Gasteiger partial charge in [0.15, 0.2) is 0 Å². The standard InChI is InChI=1S/C26H37N3O4S/c1-24(2,3)19-5-7-20(8-6-19)34(32,33)29(4)26(9-10-26)23(31)28-21-17-11-16-12-18(21)15-25(13-16,14-17)22(27)30/h5-8,16-18,21H,9-15H2,1-4H3,(H2,27,30)(H,28,31). The van der Waals surface area contributed by atoms with Crippen molar-refractivity contribution < 1.29 is 18.0 Å². The Bertz CT molecular complexity index is 1100. The van der Waals surface area contributed by atoms with Crippen LogP contribution in [-0.2, 0) is 25.0 Å². The Balaban J connectivity index is 1.33. The fraction of sp³-hybridized carbons (Fsp3) is 0.692. The van der Waals surface area contributed by atoms with E-state index < -0.39 is 21.0 Å². The molecule has 5 aliphatic rings. The van der Waals surface area contributed by atoms with Gasteiger partial charge in [0.1, 0.15) is 5.54 Å². The maximum atomic E-state index is 13.5. The van der Waals surface area contributed by atoms with Gasteiger partial charge in [-0.2, -0.15) is 4.31 Å². The van der Waals surface area contributed by atoms with Crippen LogP contribution in [-0.4, -0.2) is 43.2 Å². The summed E-state index contributed by atoms with van der Waals surface area (Å²) in [5.74, 6) is 0.594. The predicted octanol–water partition coefficient (Wildman–Crippen LogP) is 2.93. The molecule has 2 amide bonds. The number of nitrogens with two attached hydrogens (primary N) is 1. The monoisotopic (exact) mass is 487 g/mol. The normalized spacial score (nSPS) is 33.7. The van der Waals surface area contributed by atoms with Crippen molar-refractivity contribution in [2.45, 2.75) is 87.6 Å². The molecule has 1 aromatic rings. The van der Waals surface area contributed by atoms with Gasteiger partial charge in [-0.05, 0) is 85.8 Å². The first-order chi connectivity index (χ1) is 15.8. The molecule has 0 aliphatic heterocycles. The average Bonchev–Trinajstić information content (AvgIpc) is 3.56. The van der Waals surface area contributed by atoms with Gasteiger partial charge in [0.2, 0.25) is 21.8 Å². The van der Waals surface area contributed by atoms with Crippen molar-refractivity contribution in [1.82, 2.24) is 9.62 Å². The number of nitrogens with zero attached hydrogens (tertiary/aromatic N) is 1. The van der Waals surface area contributed by atoms with Crippen molar-refractivity contribution in [1.29, 1.82) is 0 Å². The van der Waals surface area contributed by atoms with Gasteiger partial charge in [-0.3, -0.25) is 9.59 Å². The summed E-state index contributed by atoms with van der Waals surface area (Å²) in [5, 5.41) is 3.26. The van der Waals surface area contributed by atoms with Gasteiger partial charge >= 0.3 is 0 Å². The first-order valence-electron chi connectivity index (χ1n) is 12.5. The summed E-state index contributed by atoms with van der Waals surface area (Å²) in [6.07, 6.45) is 5.42. The smallest absolute Gasteiger partial charge is 0.243 e. The third-order valence-electron chi connectivity index (χ3n) is 9.22. The number of sulfonamides is 1. The number of hydrogen-bond acceptors (Lipinski definition) is 4. The van der Waals surface area contributed by atoms with E-state index in [1.807, 2.05) is 12.1 Å². The quantitative estimate of drug-likeness (QED) is 0.643. The molecular weight excluding hydrogens is 450 g/mol. The number of rotatable bonds is 6. The molecule has 0 heterocycles. The zero-order valence-corrected chi connectivity index (χ0v) is 21.5. The molecule has 6 rings (SSSR count). The molecule has 0 saturated heterocycles. The van der Waals surface area contributed by atoms with E-state index in [9.17, 15) is 18.0 Å². The molecule has 34 heavy (non-hydrogen) atoms. The van der Waals surface area contributed by atoms with Crippen LogP contribution in [0.25, 0.3) is 0 Å². The van der Waals surface area contributed by atoms with E-state index >= 15 is 0 Å². The Morgan fingerprint density at radius 1 is 1.03 bits per heavy atom. The SMILES string of the molecule is CN(C1(C(=O)NC2C3CC4CC2CC(C(N)=O)(C4)C3)CC1)S(=O)(=O)c1ccc(C(C)(C)C)cc1. The number of carbonyl (C=O) groups is 2. The predicted molar refractivity (Wildman–Crippen MR) is 129 cm³/mol. The molecule has 5 aliphatic carbocycles. The molecule has 3 N–H and O–H groups in total. The third kappa shape index (κ3) is 3.60. The summed E-state index contributed by atoms with van der Waals surface area (Å²) in [5.41, 5.74) is 5.34. The number of benzene rings is 1. The van der Waals surface area contributed by atoms with Crippen molar-refractivity contribution >= 4 is 21.8 Å². The highest BCUT2D eigenvalue weighted by Crippen LogP contribution is 2.60. The second kappa shape index (κ2) is 7.53. The second-order valence-corrected chi connectivity index (χ2v) is 14.4. The number of nitrogens with one attached hydrogen (secondary N) is 1. The van der Waals surface area contributed by atoms with E-state index in [1.165, 1.54) is 11.4 Å². The molecule has 0 spiro atoms. The number of carbonyl (C=O) groups excluding carboxylic acids is 2. The van der Waals surface area contributed by atoms with Crippen LogP contribution in [0.15, 0.2) is 29.2 Å². The lowest BCUT2D eigenvalue weighted by Gasteiger charge is -2.59. The van der Waals surface area contributed by atoms with E-state index in [4.69, 9.17) is 5.73 Å². The molecule has 0 aromatic heterocycles. The molecular formula is C26H37N3O4S. The topological polar surface area (TPSA) is 110 Å². The minimum atomic E-state index is -3.81. The summed E-state index contributed by atoms with van der Waals surface area (Å²) in [6, 6.07) is 6.98. The minimum absolute atomic E-state index is 0.00354. The molecule has 0 radical (unpaired) electrons. The molecule has 2 unspecified atom stereocenters.